The van der Waals surface area contributed by atoms with Gasteiger partial charge < -0.3 is 10.1 Å². The SMILES string of the molecule is Cc1ccc(O[C@@H](C)C(=O)NCCN2C(=O)CSC2=O)c([N+](=O)[O-])c1. The number of nitrogens with one attached hydrogen (secondary N) is 1. The van der Waals surface area contributed by atoms with Crippen molar-refractivity contribution in [2.24, 2.45) is 0 Å². The molecule has 0 radical (unpaired) electrons. The van der Waals surface area contributed by atoms with E-state index in [1.54, 1.807) is 13.0 Å². The maximum absolute atomic E-state index is 12.0. The number of hydrogen-bond acceptors (Lipinski definition) is 7. The van der Waals surface area contributed by atoms with Crippen molar-refractivity contribution in [1.82, 2.24) is 10.2 Å². The predicted molar refractivity (Wildman–Crippen MR) is 90.5 cm³/mol. The lowest BCUT2D eigenvalue weighted by atomic mass is 10.2. The first-order chi connectivity index (χ1) is 11.8. The van der Waals surface area contributed by atoms with Crippen LogP contribution in [0.4, 0.5) is 10.5 Å². The van der Waals surface area contributed by atoms with E-state index in [1.807, 2.05) is 0 Å². The molecule has 0 aliphatic carbocycles. The maximum atomic E-state index is 12.0. The largest absolute Gasteiger partial charge is 0.474 e. The van der Waals surface area contributed by atoms with Gasteiger partial charge in [-0.3, -0.25) is 29.4 Å². The van der Waals surface area contributed by atoms with Crippen LogP contribution < -0.4 is 10.1 Å². The van der Waals surface area contributed by atoms with E-state index in [0.29, 0.717) is 5.56 Å². The predicted octanol–water partition coefficient (Wildman–Crippen LogP) is 1.48. The second-order valence-corrected chi connectivity index (χ2v) is 6.31. The van der Waals surface area contributed by atoms with Crippen molar-refractivity contribution in [3.63, 3.8) is 0 Å². The molecule has 0 spiro atoms. The van der Waals surface area contributed by atoms with Gasteiger partial charge >= 0.3 is 5.69 Å². The number of benzene rings is 1. The minimum absolute atomic E-state index is 0.000418. The molecular formula is C15H17N3O6S. The smallest absolute Gasteiger partial charge is 0.311 e. The van der Waals surface area contributed by atoms with Gasteiger partial charge in [-0.15, -0.1) is 0 Å². The Hall–Kier alpha value is -2.62. The first kappa shape index (κ1) is 18.7. The molecule has 1 atom stereocenters. The van der Waals surface area contributed by atoms with Crippen molar-refractivity contribution < 1.29 is 24.0 Å². The van der Waals surface area contributed by atoms with Crippen LogP contribution in [0.2, 0.25) is 0 Å². The van der Waals surface area contributed by atoms with Crippen molar-refractivity contribution in [3.8, 4) is 5.75 Å². The molecule has 1 fully saturated rings. The molecule has 1 aliphatic heterocycles. The summed E-state index contributed by atoms with van der Waals surface area (Å²) < 4.78 is 5.38. The monoisotopic (exact) mass is 367 g/mol. The number of imide groups is 1. The fraction of sp³-hybridized carbons (Fsp3) is 0.400. The van der Waals surface area contributed by atoms with Gasteiger partial charge in [-0.25, -0.2) is 0 Å². The molecule has 1 saturated heterocycles. The van der Waals surface area contributed by atoms with Crippen LogP contribution in [0.25, 0.3) is 0 Å². The quantitative estimate of drug-likeness (QED) is 0.572. The molecule has 1 heterocycles. The number of rotatable bonds is 7. The summed E-state index contributed by atoms with van der Waals surface area (Å²) in [6.45, 7) is 3.33. The van der Waals surface area contributed by atoms with Crippen LogP contribution in [0.1, 0.15) is 12.5 Å². The Labute approximate surface area is 147 Å². The summed E-state index contributed by atoms with van der Waals surface area (Å²) in [5, 5.41) is 13.3. The molecular weight excluding hydrogens is 350 g/mol. The number of thioether (sulfide) groups is 1. The van der Waals surface area contributed by atoms with Crippen LogP contribution in [0.15, 0.2) is 18.2 Å². The zero-order valence-corrected chi connectivity index (χ0v) is 14.5. The van der Waals surface area contributed by atoms with Gasteiger partial charge in [-0.05, 0) is 25.5 Å². The van der Waals surface area contributed by atoms with Gasteiger partial charge in [0.05, 0.1) is 10.7 Å². The fourth-order valence-electron chi connectivity index (χ4n) is 2.15. The van der Waals surface area contributed by atoms with Crippen LogP contribution in [0, 0.1) is 17.0 Å². The van der Waals surface area contributed by atoms with Crippen LogP contribution >= 0.6 is 11.8 Å². The Kier molecular flexibility index (Phi) is 5.97. The van der Waals surface area contributed by atoms with Gasteiger partial charge in [0.2, 0.25) is 5.91 Å². The van der Waals surface area contributed by atoms with Crippen molar-refractivity contribution in [3.05, 3.63) is 33.9 Å². The Morgan fingerprint density at radius 3 is 2.80 bits per heavy atom. The number of aryl methyl sites for hydroxylation is 1. The minimum atomic E-state index is -0.972. The second kappa shape index (κ2) is 7.97. The lowest BCUT2D eigenvalue weighted by molar-refractivity contribution is -0.386. The van der Waals surface area contributed by atoms with E-state index >= 15 is 0 Å². The molecule has 0 aromatic heterocycles. The van der Waals surface area contributed by atoms with Crippen LogP contribution in [-0.4, -0.2) is 51.8 Å². The highest BCUT2D eigenvalue weighted by Gasteiger charge is 2.29. The number of carbonyl (C=O) groups is 3. The number of hydrogen-bond donors (Lipinski definition) is 1. The van der Waals surface area contributed by atoms with Crippen LogP contribution in [0.5, 0.6) is 5.75 Å². The number of carbonyl (C=O) groups excluding carboxylic acids is 3. The first-order valence-corrected chi connectivity index (χ1v) is 8.44. The van der Waals surface area contributed by atoms with Gasteiger partial charge in [0, 0.05) is 19.2 Å². The fourth-order valence-corrected chi connectivity index (χ4v) is 2.90. The average molecular weight is 367 g/mol. The van der Waals surface area contributed by atoms with Gasteiger partial charge in [-0.2, -0.15) is 0 Å². The van der Waals surface area contributed by atoms with Crippen molar-refractivity contribution in [1.29, 1.82) is 0 Å². The molecule has 1 aromatic carbocycles. The van der Waals surface area contributed by atoms with E-state index in [-0.39, 0.29) is 41.4 Å². The van der Waals surface area contributed by atoms with Crippen molar-refractivity contribution in [2.75, 3.05) is 18.8 Å². The molecule has 0 bridgehead atoms. The number of nitro benzene ring substituents is 1. The van der Waals surface area contributed by atoms with E-state index in [2.05, 4.69) is 5.32 Å². The molecule has 1 aromatic rings. The molecule has 10 heteroatoms. The zero-order valence-electron chi connectivity index (χ0n) is 13.7. The summed E-state index contributed by atoms with van der Waals surface area (Å²) in [4.78, 5) is 46.5. The van der Waals surface area contributed by atoms with Crippen LogP contribution in [-0.2, 0) is 9.59 Å². The molecule has 0 saturated carbocycles. The highest BCUT2D eigenvalue weighted by Crippen LogP contribution is 2.28. The minimum Gasteiger partial charge on any atom is -0.474 e. The van der Waals surface area contributed by atoms with Gasteiger partial charge in [0.25, 0.3) is 11.1 Å². The summed E-state index contributed by atoms with van der Waals surface area (Å²) in [6.07, 6.45) is -0.972. The molecule has 1 aliphatic rings. The summed E-state index contributed by atoms with van der Waals surface area (Å²) in [6, 6.07) is 4.45. The molecule has 1 N–H and O–H groups in total. The van der Waals surface area contributed by atoms with Crippen LogP contribution in [0.3, 0.4) is 0 Å². The third kappa shape index (κ3) is 4.69. The molecule has 2 rings (SSSR count). The van der Waals surface area contributed by atoms with Gasteiger partial charge in [-0.1, -0.05) is 17.8 Å². The van der Waals surface area contributed by atoms with E-state index in [9.17, 15) is 24.5 Å². The van der Waals surface area contributed by atoms with E-state index in [4.69, 9.17) is 4.74 Å². The molecule has 134 valence electrons. The number of nitrogens with zero attached hydrogens (tertiary/aromatic N) is 2. The summed E-state index contributed by atoms with van der Waals surface area (Å²) in [7, 11) is 0. The molecule has 0 unspecified atom stereocenters. The topological polar surface area (TPSA) is 119 Å². The number of nitro groups is 1. The molecule has 9 nitrogen and oxygen atoms in total. The second-order valence-electron chi connectivity index (χ2n) is 5.38. The summed E-state index contributed by atoms with van der Waals surface area (Å²) >= 11 is 0.922. The first-order valence-electron chi connectivity index (χ1n) is 7.46. The Morgan fingerprint density at radius 2 is 2.20 bits per heavy atom. The Balaban J connectivity index is 1.89. The Morgan fingerprint density at radius 1 is 1.48 bits per heavy atom. The van der Waals surface area contributed by atoms with Crippen molar-refractivity contribution >= 4 is 34.5 Å². The number of amides is 3. The highest BCUT2D eigenvalue weighted by molar-refractivity contribution is 8.14. The van der Waals surface area contributed by atoms with E-state index < -0.39 is 16.9 Å². The lowest BCUT2D eigenvalue weighted by Crippen LogP contribution is -2.42. The zero-order chi connectivity index (χ0) is 18.6. The third-order valence-electron chi connectivity index (χ3n) is 3.46. The highest BCUT2D eigenvalue weighted by atomic mass is 32.2. The molecule has 3 amide bonds. The van der Waals surface area contributed by atoms with Gasteiger partial charge in [0.15, 0.2) is 11.9 Å². The lowest BCUT2D eigenvalue weighted by Gasteiger charge is -2.17. The molecule has 25 heavy (non-hydrogen) atoms. The summed E-state index contributed by atoms with van der Waals surface area (Å²) in [5.74, 6) is -0.673. The third-order valence-corrected chi connectivity index (χ3v) is 4.32. The van der Waals surface area contributed by atoms with Crippen molar-refractivity contribution in [2.45, 2.75) is 20.0 Å². The maximum Gasteiger partial charge on any atom is 0.311 e. The normalized spacial score (nSPS) is 15.2. The van der Waals surface area contributed by atoms with E-state index in [1.165, 1.54) is 19.1 Å². The number of ether oxygens (including phenoxy) is 1. The average Bonchev–Trinajstić information content (AvgIpc) is 2.87. The standard InChI is InChI=1S/C15H17N3O6S/c1-9-3-4-12(11(7-9)18(22)23)24-10(2)14(20)16-5-6-17-13(19)8-25-15(17)21/h3-4,7,10H,5-6,8H2,1-2H3,(H,16,20)/t10-/m0/s1. The van der Waals surface area contributed by atoms with E-state index in [0.717, 1.165) is 16.7 Å². The van der Waals surface area contributed by atoms with Gasteiger partial charge in [0.1, 0.15) is 0 Å². The summed E-state index contributed by atoms with van der Waals surface area (Å²) in [5.41, 5.74) is 0.485. The Bertz CT molecular complexity index is 707.